The summed E-state index contributed by atoms with van der Waals surface area (Å²) in [5, 5.41) is 9.89. The number of rotatable bonds is 2. The highest BCUT2D eigenvalue weighted by molar-refractivity contribution is 4.87. The van der Waals surface area contributed by atoms with Crippen LogP contribution in [0.1, 0.15) is 27.2 Å². The summed E-state index contributed by atoms with van der Waals surface area (Å²) >= 11 is 0. The van der Waals surface area contributed by atoms with Gasteiger partial charge in [-0.3, -0.25) is 0 Å². The van der Waals surface area contributed by atoms with Gasteiger partial charge in [0.15, 0.2) is 0 Å². The molecule has 0 aromatic carbocycles. The molecule has 4 atom stereocenters. The van der Waals surface area contributed by atoms with Gasteiger partial charge >= 0.3 is 0 Å². The summed E-state index contributed by atoms with van der Waals surface area (Å²) in [7, 11) is 2.05. The van der Waals surface area contributed by atoms with Crippen LogP contribution >= 0.6 is 0 Å². The fraction of sp³-hybridized carbons (Fsp3) is 1.00. The smallest absolute Gasteiger partial charge is 0.0954 e. The number of hydrogen-bond donors (Lipinski definition) is 1. The molecule has 0 aliphatic carbocycles. The minimum atomic E-state index is -0.346. The van der Waals surface area contributed by atoms with Gasteiger partial charge in [0, 0.05) is 6.04 Å². The Labute approximate surface area is 80.7 Å². The fourth-order valence-electron chi connectivity index (χ4n) is 1.97. The number of aliphatic hydroxyl groups excluding tert-OH is 1. The molecule has 1 aliphatic heterocycles. The molecule has 1 fully saturated rings. The summed E-state index contributed by atoms with van der Waals surface area (Å²) in [4.78, 5) is 2.19. The van der Waals surface area contributed by atoms with Crippen LogP contribution in [0.15, 0.2) is 0 Å². The lowest BCUT2D eigenvalue weighted by molar-refractivity contribution is -0.136. The second-order valence-electron chi connectivity index (χ2n) is 4.02. The van der Waals surface area contributed by atoms with Gasteiger partial charge in [0.25, 0.3) is 0 Å². The molecule has 4 unspecified atom stereocenters. The van der Waals surface area contributed by atoms with Gasteiger partial charge in [-0.1, -0.05) is 6.92 Å². The SMILES string of the molecule is CCN(C)C1CC(C)OC(C)C1O. The molecular weight excluding hydrogens is 166 g/mol. The monoisotopic (exact) mass is 187 g/mol. The zero-order valence-electron chi connectivity index (χ0n) is 9.03. The second-order valence-corrected chi connectivity index (χ2v) is 4.02. The first-order valence-electron chi connectivity index (χ1n) is 5.10. The van der Waals surface area contributed by atoms with Gasteiger partial charge in [-0.25, -0.2) is 0 Å². The molecule has 1 heterocycles. The predicted octanol–water partition coefficient (Wildman–Crippen LogP) is 0.865. The van der Waals surface area contributed by atoms with E-state index in [1.165, 1.54) is 0 Å². The van der Waals surface area contributed by atoms with Crippen molar-refractivity contribution in [2.24, 2.45) is 0 Å². The Hall–Kier alpha value is -0.120. The first-order chi connectivity index (χ1) is 6.06. The number of hydrogen-bond acceptors (Lipinski definition) is 3. The van der Waals surface area contributed by atoms with Gasteiger partial charge in [-0.05, 0) is 33.9 Å². The van der Waals surface area contributed by atoms with Crippen molar-refractivity contribution in [3.8, 4) is 0 Å². The van der Waals surface area contributed by atoms with Crippen LogP contribution in [-0.4, -0.2) is 48.0 Å². The summed E-state index contributed by atoms with van der Waals surface area (Å²) in [5.41, 5.74) is 0. The van der Waals surface area contributed by atoms with Crippen LogP contribution in [0.5, 0.6) is 0 Å². The van der Waals surface area contributed by atoms with Crippen LogP contribution in [0.25, 0.3) is 0 Å². The van der Waals surface area contributed by atoms with Crippen LogP contribution in [0, 0.1) is 0 Å². The van der Waals surface area contributed by atoms with E-state index in [9.17, 15) is 5.11 Å². The van der Waals surface area contributed by atoms with Gasteiger partial charge in [0.1, 0.15) is 0 Å². The summed E-state index contributed by atoms with van der Waals surface area (Å²) in [6, 6.07) is 0.253. The van der Waals surface area contributed by atoms with Gasteiger partial charge in [-0.15, -0.1) is 0 Å². The zero-order chi connectivity index (χ0) is 10.0. The highest BCUT2D eigenvalue weighted by atomic mass is 16.5. The Kier molecular flexibility index (Phi) is 3.71. The Morgan fingerprint density at radius 3 is 2.62 bits per heavy atom. The molecule has 0 spiro atoms. The van der Waals surface area contributed by atoms with Crippen molar-refractivity contribution >= 4 is 0 Å². The van der Waals surface area contributed by atoms with E-state index in [-0.39, 0.29) is 24.4 Å². The topological polar surface area (TPSA) is 32.7 Å². The third-order valence-corrected chi connectivity index (χ3v) is 2.96. The average molecular weight is 187 g/mol. The van der Waals surface area contributed by atoms with Gasteiger partial charge < -0.3 is 14.7 Å². The largest absolute Gasteiger partial charge is 0.389 e. The Bertz CT molecular complexity index is 163. The van der Waals surface area contributed by atoms with Gasteiger partial charge in [-0.2, -0.15) is 0 Å². The molecule has 1 N–H and O–H groups in total. The van der Waals surface area contributed by atoms with Crippen molar-refractivity contribution in [2.45, 2.75) is 51.5 Å². The van der Waals surface area contributed by atoms with E-state index in [0.29, 0.717) is 0 Å². The van der Waals surface area contributed by atoms with E-state index in [2.05, 4.69) is 25.8 Å². The molecule has 0 aromatic heterocycles. The van der Waals surface area contributed by atoms with E-state index < -0.39 is 0 Å². The van der Waals surface area contributed by atoms with E-state index in [1.54, 1.807) is 0 Å². The second kappa shape index (κ2) is 4.40. The Balaban J connectivity index is 2.60. The quantitative estimate of drug-likeness (QED) is 0.696. The first kappa shape index (κ1) is 11.0. The van der Waals surface area contributed by atoms with E-state index in [0.717, 1.165) is 13.0 Å². The molecule has 0 saturated carbocycles. The van der Waals surface area contributed by atoms with E-state index >= 15 is 0 Å². The first-order valence-corrected chi connectivity index (χ1v) is 5.10. The van der Waals surface area contributed by atoms with Gasteiger partial charge in [0.05, 0.1) is 18.3 Å². The highest BCUT2D eigenvalue weighted by Crippen LogP contribution is 2.23. The lowest BCUT2D eigenvalue weighted by Crippen LogP contribution is -2.53. The lowest BCUT2D eigenvalue weighted by atomic mass is 9.95. The minimum Gasteiger partial charge on any atom is -0.389 e. The maximum Gasteiger partial charge on any atom is 0.0954 e. The molecule has 1 rings (SSSR count). The maximum atomic E-state index is 9.89. The standard InChI is InChI=1S/C10H21NO2/c1-5-11(4)9-6-7(2)13-8(3)10(9)12/h7-10,12H,5-6H2,1-4H3. The van der Waals surface area contributed by atoms with Crippen LogP contribution in [0.3, 0.4) is 0 Å². The van der Waals surface area contributed by atoms with Crippen LogP contribution in [-0.2, 0) is 4.74 Å². The van der Waals surface area contributed by atoms with Crippen LogP contribution in [0.4, 0.5) is 0 Å². The predicted molar refractivity (Wildman–Crippen MR) is 52.7 cm³/mol. The molecule has 0 bridgehead atoms. The van der Waals surface area contributed by atoms with Gasteiger partial charge in [0.2, 0.25) is 0 Å². The number of ether oxygens (including phenoxy) is 1. The lowest BCUT2D eigenvalue weighted by Gasteiger charge is -2.41. The molecule has 13 heavy (non-hydrogen) atoms. The van der Waals surface area contributed by atoms with Crippen molar-refractivity contribution in [3.05, 3.63) is 0 Å². The van der Waals surface area contributed by atoms with Crippen molar-refractivity contribution in [1.82, 2.24) is 4.90 Å². The molecular formula is C10H21NO2. The normalized spacial score (nSPS) is 41.1. The third kappa shape index (κ3) is 2.42. The average Bonchev–Trinajstić information content (AvgIpc) is 2.10. The Morgan fingerprint density at radius 1 is 1.46 bits per heavy atom. The Morgan fingerprint density at radius 2 is 2.08 bits per heavy atom. The maximum absolute atomic E-state index is 9.89. The summed E-state index contributed by atoms with van der Waals surface area (Å²) in [5.74, 6) is 0. The molecule has 0 radical (unpaired) electrons. The summed E-state index contributed by atoms with van der Waals surface area (Å²) < 4.78 is 5.55. The van der Waals surface area contributed by atoms with Crippen LogP contribution < -0.4 is 0 Å². The molecule has 0 aromatic rings. The molecule has 3 heteroatoms. The van der Waals surface area contributed by atoms with Crippen molar-refractivity contribution in [3.63, 3.8) is 0 Å². The van der Waals surface area contributed by atoms with Crippen LogP contribution in [0.2, 0.25) is 0 Å². The summed E-state index contributed by atoms with van der Waals surface area (Å²) in [6.07, 6.45) is 0.803. The molecule has 78 valence electrons. The molecule has 1 saturated heterocycles. The zero-order valence-corrected chi connectivity index (χ0v) is 9.03. The minimum absolute atomic E-state index is 0.0391. The van der Waals surface area contributed by atoms with E-state index in [4.69, 9.17) is 4.74 Å². The molecule has 1 aliphatic rings. The highest BCUT2D eigenvalue weighted by Gasteiger charge is 2.34. The molecule has 3 nitrogen and oxygen atoms in total. The fourth-order valence-corrected chi connectivity index (χ4v) is 1.97. The van der Waals surface area contributed by atoms with Crippen molar-refractivity contribution < 1.29 is 9.84 Å². The number of likely N-dealkylation sites (N-methyl/N-ethyl adjacent to an activating group) is 1. The van der Waals surface area contributed by atoms with Crippen molar-refractivity contribution in [1.29, 1.82) is 0 Å². The third-order valence-electron chi connectivity index (χ3n) is 2.96. The number of nitrogens with zero attached hydrogens (tertiary/aromatic N) is 1. The van der Waals surface area contributed by atoms with Crippen molar-refractivity contribution in [2.75, 3.05) is 13.6 Å². The molecule has 0 amide bonds. The summed E-state index contributed by atoms with van der Waals surface area (Å²) in [6.45, 7) is 7.09. The van der Waals surface area contributed by atoms with E-state index in [1.807, 2.05) is 6.92 Å². The number of aliphatic hydroxyl groups is 1.